The molecular formula is C20H16N2O. The van der Waals surface area contributed by atoms with Crippen LogP contribution in [0.2, 0.25) is 0 Å². The lowest BCUT2D eigenvalue weighted by molar-refractivity contribution is 0.777. The minimum atomic E-state index is 0.0179. The molecule has 0 N–H and O–H groups in total. The lowest BCUT2D eigenvalue weighted by atomic mass is 10.1. The molecule has 4 rings (SSSR count). The summed E-state index contributed by atoms with van der Waals surface area (Å²) in [6, 6.07) is 20.3. The first-order valence-corrected chi connectivity index (χ1v) is 7.65. The Hall–Kier alpha value is -2.94. The van der Waals surface area contributed by atoms with Crippen LogP contribution in [0.15, 0.2) is 71.7 Å². The molecule has 0 saturated heterocycles. The molecule has 3 heteroatoms. The van der Waals surface area contributed by atoms with Crippen LogP contribution in [0, 0.1) is 6.92 Å². The van der Waals surface area contributed by atoms with Gasteiger partial charge in [-0.1, -0.05) is 36.4 Å². The molecule has 2 aromatic carbocycles. The molecule has 0 aliphatic rings. The van der Waals surface area contributed by atoms with E-state index < -0.39 is 0 Å². The highest BCUT2D eigenvalue weighted by Gasteiger charge is 2.08. The van der Waals surface area contributed by atoms with Gasteiger partial charge in [0.1, 0.15) is 5.65 Å². The van der Waals surface area contributed by atoms with E-state index in [0.29, 0.717) is 6.54 Å². The van der Waals surface area contributed by atoms with Crippen LogP contribution in [0.3, 0.4) is 0 Å². The van der Waals surface area contributed by atoms with Crippen molar-refractivity contribution in [2.75, 3.05) is 0 Å². The molecule has 0 amide bonds. The first-order chi connectivity index (χ1) is 11.2. The molecule has 0 fully saturated rings. The molecule has 0 aliphatic carbocycles. The minimum Gasteiger partial charge on any atom is -0.288 e. The number of hydrogen-bond acceptors (Lipinski definition) is 2. The molecule has 0 spiro atoms. The van der Waals surface area contributed by atoms with E-state index in [4.69, 9.17) is 0 Å². The van der Waals surface area contributed by atoms with Crippen LogP contribution in [0.4, 0.5) is 0 Å². The van der Waals surface area contributed by atoms with E-state index in [1.54, 1.807) is 10.8 Å². The summed E-state index contributed by atoms with van der Waals surface area (Å²) in [5, 5.41) is 3.38. The van der Waals surface area contributed by atoms with Crippen molar-refractivity contribution in [1.82, 2.24) is 9.55 Å². The second-order valence-electron chi connectivity index (χ2n) is 5.82. The summed E-state index contributed by atoms with van der Waals surface area (Å²) in [7, 11) is 0. The van der Waals surface area contributed by atoms with Gasteiger partial charge in [0.25, 0.3) is 5.56 Å². The molecule has 0 radical (unpaired) electrons. The smallest absolute Gasteiger partial charge is 0.255 e. The Morgan fingerprint density at radius 1 is 0.913 bits per heavy atom. The van der Waals surface area contributed by atoms with Crippen molar-refractivity contribution in [3.8, 4) is 0 Å². The molecule has 3 nitrogen and oxygen atoms in total. The number of aromatic nitrogens is 2. The molecule has 0 saturated carbocycles. The van der Waals surface area contributed by atoms with Crippen molar-refractivity contribution < 1.29 is 0 Å². The van der Waals surface area contributed by atoms with Gasteiger partial charge >= 0.3 is 0 Å². The van der Waals surface area contributed by atoms with Crippen LogP contribution in [-0.2, 0) is 6.54 Å². The van der Waals surface area contributed by atoms with Crippen molar-refractivity contribution in [2.45, 2.75) is 13.5 Å². The Morgan fingerprint density at radius 3 is 2.57 bits per heavy atom. The van der Waals surface area contributed by atoms with Gasteiger partial charge in [-0.15, -0.1) is 0 Å². The molecule has 0 bridgehead atoms. The quantitative estimate of drug-likeness (QED) is 0.562. The number of pyridine rings is 2. The molecule has 112 valence electrons. The number of fused-ring (bicyclic) bond motifs is 2. The van der Waals surface area contributed by atoms with Crippen LogP contribution >= 0.6 is 0 Å². The number of hydrogen-bond donors (Lipinski definition) is 0. The normalized spacial score (nSPS) is 11.2. The predicted molar refractivity (Wildman–Crippen MR) is 93.8 cm³/mol. The zero-order chi connectivity index (χ0) is 15.8. The zero-order valence-electron chi connectivity index (χ0n) is 12.9. The van der Waals surface area contributed by atoms with Gasteiger partial charge in [0.15, 0.2) is 0 Å². The van der Waals surface area contributed by atoms with E-state index in [9.17, 15) is 4.79 Å². The van der Waals surface area contributed by atoms with E-state index in [2.05, 4.69) is 35.3 Å². The van der Waals surface area contributed by atoms with Crippen LogP contribution in [-0.4, -0.2) is 9.55 Å². The van der Waals surface area contributed by atoms with E-state index in [1.807, 2.05) is 37.3 Å². The highest BCUT2D eigenvalue weighted by molar-refractivity contribution is 5.83. The Kier molecular flexibility index (Phi) is 3.19. The highest BCUT2D eigenvalue weighted by Crippen LogP contribution is 2.17. The molecular weight excluding hydrogens is 284 g/mol. The lowest BCUT2D eigenvalue weighted by Crippen LogP contribution is -2.23. The first kappa shape index (κ1) is 13.7. The average Bonchev–Trinajstić information content (AvgIpc) is 2.59. The van der Waals surface area contributed by atoms with Gasteiger partial charge in [0.05, 0.1) is 6.54 Å². The topological polar surface area (TPSA) is 34.9 Å². The number of nitrogens with zero attached hydrogens (tertiary/aromatic N) is 2. The molecule has 0 aliphatic heterocycles. The maximum Gasteiger partial charge on any atom is 0.255 e. The Balaban J connectivity index is 1.88. The SMILES string of the molecule is Cc1cc2cccnc2n(Cc2ccc3ccccc3c2)c1=O. The number of benzene rings is 2. The van der Waals surface area contributed by atoms with Gasteiger partial charge in [0.2, 0.25) is 0 Å². The van der Waals surface area contributed by atoms with Crippen molar-refractivity contribution in [2.24, 2.45) is 0 Å². The summed E-state index contributed by atoms with van der Waals surface area (Å²) < 4.78 is 1.76. The molecule has 23 heavy (non-hydrogen) atoms. The minimum absolute atomic E-state index is 0.0179. The van der Waals surface area contributed by atoms with Crippen molar-refractivity contribution >= 4 is 21.8 Å². The van der Waals surface area contributed by atoms with E-state index >= 15 is 0 Å². The van der Waals surface area contributed by atoms with Gasteiger partial charge in [0, 0.05) is 17.1 Å². The Morgan fingerprint density at radius 2 is 1.70 bits per heavy atom. The average molecular weight is 300 g/mol. The van der Waals surface area contributed by atoms with Crippen molar-refractivity contribution in [3.63, 3.8) is 0 Å². The van der Waals surface area contributed by atoms with Gasteiger partial charge in [-0.3, -0.25) is 9.36 Å². The summed E-state index contributed by atoms with van der Waals surface area (Å²) in [6.07, 6.45) is 1.73. The van der Waals surface area contributed by atoms with Gasteiger partial charge in [-0.05, 0) is 47.5 Å². The second kappa shape index (κ2) is 5.36. The van der Waals surface area contributed by atoms with Crippen LogP contribution in [0.1, 0.15) is 11.1 Å². The van der Waals surface area contributed by atoms with Gasteiger partial charge in [-0.2, -0.15) is 0 Å². The largest absolute Gasteiger partial charge is 0.288 e. The van der Waals surface area contributed by atoms with Crippen molar-refractivity contribution in [3.05, 3.63) is 88.3 Å². The zero-order valence-corrected chi connectivity index (χ0v) is 12.9. The Labute approximate surface area is 133 Å². The van der Waals surface area contributed by atoms with E-state index in [0.717, 1.165) is 22.2 Å². The third-order valence-corrected chi connectivity index (χ3v) is 4.18. The fourth-order valence-corrected chi connectivity index (χ4v) is 3.02. The molecule has 0 unspecified atom stereocenters. The number of rotatable bonds is 2. The summed E-state index contributed by atoms with van der Waals surface area (Å²) in [5.41, 5.74) is 2.59. The number of aryl methyl sites for hydroxylation is 1. The maximum atomic E-state index is 12.6. The van der Waals surface area contributed by atoms with Gasteiger partial charge < -0.3 is 0 Å². The van der Waals surface area contributed by atoms with Crippen LogP contribution in [0.25, 0.3) is 21.8 Å². The van der Waals surface area contributed by atoms with Gasteiger partial charge in [-0.25, -0.2) is 4.98 Å². The van der Waals surface area contributed by atoms with E-state index in [1.165, 1.54) is 10.8 Å². The van der Waals surface area contributed by atoms with E-state index in [-0.39, 0.29) is 5.56 Å². The fraction of sp³-hybridized carbons (Fsp3) is 0.100. The molecule has 4 aromatic rings. The van der Waals surface area contributed by atoms with Crippen LogP contribution < -0.4 is 5.56 Å². The third kappa shape index (κ3) is 2.40. The summed E-state index contributed by atoms with van der Waals surface area (Å²) in [6.45, 7) is 2.38. The second-order valence-corrected chi connectivity index (χ2v) is 5.82. The Bertz CT molecular complexity index is 1080. The fourth-order valence-electron chi connectivity index (χ4n) is 3.02. The monoisotopic (exact) mass is 300 g/mol. The summed E-state index contributed by atoms with van der Waals surface area (Å²) in [4.78, 5) is 17.0. The summed E-state index contributed by atoms with van der Waals surface area (Å²) >= 11 is 0. The highest BCUT2D eigenvalue weighted by atomic mass is 16.1. The molecule has 0 atom stereocenters. The summed E-state index contributed by atoms with van der Waals surface area (Å²) in [5.74, 6) is 0. The lowest BCUT2D eigenvalue weighted by Gasteiger charge is -2.11. The van der Waals surface area contributed by atoms with Crippen LogP contribution in [0.5, 0.6) is 0 Å². The maximum absolute atomic E-state index is 12.6. The first-order valence-electron chi connectivity index (χ1n) is 7.65. The van der Waals surface area contributed by atoms with Crippen molar-refractivity contribution in [1.29, 1.82) is 0 Å². The standard InChI is InChI=1S/C20H16N2O/c1-14-11-18-7-4-10-21-19(18)22(20(14)23)13-15-8-9-16-5-2-3-6-17(16)12-15/h2-12H,13H2,1H3. The molecule has 2 heterocycles. The predicted octanol–water partition coefficient (Wildman–Crippen LogP) is 3.91. The molecule has 2 aromatic heterocycles. The third-order valence-electron chi connectivity index (χ3n) is 4.18.